The van der Waals surface area contributed by atoms with Crippen LogP contribution in [0.25, 0.3) is 0 Å². The maximum Gasteiger partial charge on any atom is 0.391 e. The number of hydrogen-bond donors (Lipinski definition) is 1. The third-order valence-corrected chi connectivity index (χ3v) is 4.18. The summed E-state index contributed by atoms with van der Waals surface area (Å²) in [6.45, 7) is 1.72. The molecule has 0 heterocycles. The first-order valence-corrected chi connectivity index (χ1v) is 6.80. The predicted octanol–water partition coefficient (Wildman–Crippen LogP) is 4.54. The van der Waals surface area contributed by atoms with Crippen LogP contribution in [0.1, 0.15) is 42.9 Å². The highest BCUT2D eigenvalue weighted by atomic mass is 19.4. The minimum Gasteiger partial charge on any atom is -0.388 e. The minimum absolute atomic E-state index is 0.0827. The highest BCUT2D eigenvalue weighted by Gasteiger charge is 2.43. The Balaban J connectivity index is 2.16. The van der Waals surface area contributed by atoms with Crippen LogP contribution >= 0.6 is 0 Å². The Labute approximate surface area is 115 Å². The molecule has 1 fully saturated rings. The molecule has 1 saturated carbocycles. The monoisotopic (exact) mass is 290 g/mol. The van der Waals surface area contributed by atoms with Crippen LogP contribution in [0, 0.1) is 24.6 Å². The summed E-state index contributed by atoms with van der Waals surface area (Å²) < 4.78 is 51.6. The van der Waals surface area contributed by atoms with Gasteiger partial charge in [0, 0.05) is 0 Å². The van der Waals surface area contributed by atoms with Crippen LogP contribution in [0.15, 0.2) is 18.2 Å². The van der Waals surface area contributed by atoms with Crippen LogP contribution in [0.5, 0.6) is 0 Å². The van der Waals surface area contributed by atoms with Gasteiger partial charge in [0.1, 0.15) is 5.82 Å². The molecular weight excluding hydrogens is 272 g/mol. The first-order chi connectivity index (χ1) is 9.29. The molecule has 1 aromatic carbocycles. The molecule has 20 heavy (non-hydrogen) atoms. The van der Waals surface area contributed by atoms with Crippen molar-refractivity contribution < 1.29 is 22.7 Å². The zero-order chi connectivity index (χ0) is 14.9. The molecule has 1 aromatic rings. The fourth-order valence-electron chi connectivity index (χ4n) is 3.00. The molecule has 3 atom stereocenters. The lowest BCUT2D eigenvalue weighted by Crippen LogP contribution is -2.31. The molecule has 1 aliphatic carbocycles. The van der Waals surface area contributed by atoms with Gasteiger partial charge in [0.25, 0.3) is 0 Å². The van der Waals surface area contributed by atoms with E-state index in [2.05, 4.69) is 0 Å². The predicted molar refractivity (Wildman–Crippen MR) is 67.6 cm³/mol. The largest absolute Gasteiger partial charge is 0.391 e. The fourth-order valence-corrected chi connectivity index (χ4v) is 3.00. The van der Waals surface area contributed by atoms with Gasteiger partial charge in [0.2, 0.25) is 0 Å². The van der Waals surface area contributed by atoms with Crippen LogP contribution in [0.2, 0.25) is 0 Å². The summed E-state index contributed by atoms with van der Waals surface area (Å²) in [5, 5.41) is 10.3. The van der Waals surface area contributed by atoms with E-state index < -0.39 is 29.9 Å². The number of hydrogen-bond acceptors (Lipinski definition) is 1. The first-order valence-electron chi connectivity index (χ1n) is 6.80. The smallest absolute Gasteiger partial charge is 0.388 e. The van der Waals surface area contributed by atoms with Gasteiger partial charge in [-0.2, -0.15) is 13.2 Å². The van der Waals surface area contributed by atoms with Crippen molar-refractivity contribution in [2.24, 2.45) is 11.8 Å². The summed E-state index contributed by atoms with van der Waals surface area (Å²) in [5.74, 6) is -2.30. The number of aliphatic hydroxyl groups excluding tert-OH is 1. The molecule has 1 nitrogen and oxygen atoms in total. The average molecular weight is 290 g/mol. The summed E-state index contributed by atoms with van der Waals surface area (Å²) in [4.78, 5) is 0. The van der Waals surface area contributed by atoms with Gasteiger partial charge in [-0.1, -0.05) is 12.5 Å². The minimum atomic E-state index is -4.21. The summed E-state index contributed by atoms with van der Waals surface area (Å²) in [6.07, 6.45) is -4.22. The number of alkyl halides is 3. The topological polar surface area (TPSA) is 20.2 Å². The molecule has 5 heteroatoms. The van der Waals surface area contributed by atoms with Crippen molar-refractivity contribution in [1.82, 2.24) is 0 Å². The van der Waals surface area contributed by atoms with Gasteiger partial charge in [-0.15, -0.1) is 0 Å². The van der Waals surface area contributed by atoms with Crippen molar-refractivity contribution in [3.8, 4) is 0 Å². The Morgan fingerprint density at radius 3 is 2.60 bits per heavy atom. The third kappa shape index (κ3) is 3.32. The maximum atomic E-state index is 13.2. The van der Waals surface area contributed by atoms with E-state index in [4.69, 9.17) is 0 Å². The second-order valence-electron chi connectivity index (χ2n) is 5.61. The van der Waals surface area contributed by atoms with E-state index in [9.17, 15) is 22.7 Å². The molecule has 3 unspecified atom stereocenters. The van der Waals surface area contributed by atoms with Crippen molar-refractivity contribution in [3.63, 3.8) is 0 Å². The zero-order valence-electron chi connectivity index (χ0n) is 11.3. The van der Waals surface area contributed by atoms with Gasteiger partial charge in [-0.05, 0) is 55.4 Å². The summed E-state index contributed by atoms with van der Waals surface area (Å²) in [5.41, 5.74) is 1.10. The fraction of sp³-hybridized carbons (Fsp3) is 0.600. The summed E-state index contributed by atoms with van der Waals surface area (Å²) in [6, 6.07) is 4.04. The van der Waals surface area contributed by atoms with Gasteiger partial charge in [0.15, 0.2) is 0 Å². The van der Waals surface area contributed by atoms with E-state index in [1.807, 2.05) is 0 Å². The Morgan fingerprint density at radius 1 is 1.25 bits per heavy atom. The van der Waals surface area contributed by atoms with Gasteiger partial charge < -0.3 is 5.11 Å². The molecule has 1 aliphatic rings. The molecule has 112 valence electrons. The van der Waals surface area contributed by atoms with Crippen LogP contribution in [0.4, 0.5) is 17.6 Å². The van der Waals surface area contributed by atoms with E-state index in [-0.39, 0.29) is 12.8 Å². The van der Waals surface area contributed by atoms with Crippen molar-refractivity contribution in [3.05, 3.63) is 35.1 Å². The quantitative estimate of drug-likeness (QED) is 0.793. The molecule has 0 radical (unpaired) electrons. The second-order valence-corrected chi connectivity index (χ2v) is 5.61. The molecule has 0 bridgehead atoms. The van der Waals surface area contributed by atoms with Crippen molar-refractivity contribution >= 4 is 0 Å². The lowest BCUT2D eigenvalue weighted by atomic mass is 9.76. The van der Waals surface area contributed by atoms with Crippen molar-refractivity contribution in [2.75, 3.05) is 0 Å². The first kappa shape index (κ1) is 15.3. The van der Waals surface area contributed by atoms with E-state index in [0.29, 0.717) is 24.0 Å². The Kier molecular flexibility index (Phi) is 4.37. The number of benzene rings is 1. The molecule has 0 aromatic heterocycles. The molecule has 0 amide bonds. The highest BCUT2D eigenvalue weighted by Crippen LogP contribution is 2.44. The van der Waals surface area contributed by atoms with Gasteiger partial charge in [0.05, 0.1) is 12.0 Å². The Bertz CT molecular complexity index is 469. The van der Waals surface area contributed by atoms with E-state index in [1.165, 1.54) is 18.2 Å². The van der Waals surface area contributed by atoms with Crippen LogP contribution in [0.3, 0.4) is 0 Å². The second kappa shape index (κ2) is 5.72. The molecule has 1 N–H and O–H groups in total. The third-order valence-electron chi connectivity index (χ3n) is 4.18. The number of halogens is 4. The summed E-state index contributed by atoms with van der Waals surface area (Å²) in [7, 11) is 0. The van der Waals surface area contributed by atoms with Gasteiger partial charge in [-0.3, -0.25) is 0 Å². The zero-order valence-corrected chi connectivity index (χ0v) is 11.3. The Hall–Kier alpha value is -1.10. The van der Waals surface area contributed by atoms with Crippen LogP contribution in [-0.4, -0.2) is 11.3 Å². The normalized spacial score (nSPS) is 25.5. The SMILES string of the molecule is Cc1ccc(F)cc1C(O)C1CCCC(C(F)(F)F)C1. The standard InChI is InChI=1S/C15H18F4O/c1-9-5-6-12(16)8-13(9)14(20)10-3-2-4-11(7-10)15(17,18)19/h5-6,8,10-11,14,20H,2-4,7H2,1H3. The maximum absolute atomic E-state index is 13.2. The number of aliphatic hydroxyl groups is 1. The van der Waals surface area contributed by atoms with Gasteiger partial charge in [-0.25, -0.2) is 4.39 Å². The lowest BCUT2D eigenvalue weighted by Gasteiger charge is -2.33. The van der Waals surface area contributed by atoms with Crippen LogP contribution < -0.4 is 0 Å². The van der Waals surface area contributed by atoms with E-state index in [0.717, 1.165) is 0 Å². The molecular formula is C15H18F4O. The molecule has 0 saturated heterocycles. The van der Waals surface area contributed by atoms with Crippen molar-refractivity contribution in [2.45, 2.75) is 44.9 Å². The average Bonchev–Trinajstić information content (AvgIpc) is 2.40. The van der Waals surface area contributed by atoms with E-state index in [1.54, 1.807) is 6.92 Å². The molecule has 2 rings (SSSR count). The van der Waals surface area contributed by atoms with Gasteiger partial charge >= 0.3 is 6.18 Å². The van der Waals surface area contributed by atoms with Crippen molar-refractivity contribution in [1.29, 1.82) is 0 Å². The van der Waals surface area contributed by atoms with E-state index >= 15 is 0 Å². The lowest BCUT2D eigenvalue weighted by molar-refractivity contribution is -0.189. The Morgan fingerprint density at radius 2 is 1.95 bits per heavy atom. The highest BCUT2D eigenvalue weighted by molar-refractivity contribution is 5.29. The molecule has 0 spiro atoms. The number of aryl methyl sites for hydroxylation is 1. The summed E-state index contributed by atoms with van der Waals surface area (Å²) >= 11 is 0. The molecule has 0 aliphatic heterocycles. The number of rotatable bonds is 2. The van der Waals surface area contributed by atoms with Crippen LogP contribution in [-0.2, 0) is 0 Å².